The zero-order valence-electron chi connectivity index (χ0n) is 17.1. The van der Waals surface area contributed by atoms with Crippen LogP contribution < -0.4 is 10.9 Å². The summed E-state index contributed by atoms with van der Waals surface area (Å²) in [6, 6.07) is 5.95. The Bertz CT molecular complexity index is 1100. The van der Waals surface area contributed by atoms with Crippen molar-refractivity contribution in [1.82, 2.24) is 14.9 Å². The summed E-state index contributed by atoms with van der Waals surface area (Å²) in [5.74, 6) is -0.185. The molecule has 1 aromatic carbocycles. The van der Waals surface area contributed by atoms with Crippen LogP contribution >= 0.6 is 23.1 Å². The number of hydrogen-bond acceptors (Lipinski definition) is 5. The predicted molar refractivity (Wildman–Crippen MR) is 117 cm³/mol. The van der Waals surface area contributed by atoms with Crippen molar-refractivity contribution in [2.24, 2.45) is 13.0 Å². The van der Waals surface area contributed by atoms with Gasteiger partial charge in [-0.25, -0.2) is 9.37 Å². The molecule has 29 heavy (non-hydrogen) atoms. The van der Waals surface area contributed by atoms with Gasteiger partial charge in [0.05, 0.1) is 17.2 Å². The summed E-state index contributed by atoms with van der Waals surface area (Å²) < 4.78 is 14.7. The van der Waals surface area contributed by atoms with Crippen LogP contribution in [0.2, 0.25) is 0 Å². The average Bonchev–Trinajstić information content (AvgIpc) is 2.96. The fraction of sp³-hybridized carbons (Fsp3) is 0.381. The number of amides is 1. The molecule has 1 unspecified atom stereocenters. The Morgan fingerprint density at radius 2 is 1.93 bits per heavy atom. The number of aromatic nitrogens is 2. The molecule has 0 saturated carbocycles. The maximum absolute atomic E-state index is 13.2. The van der Waals surface area contributed by atoms with Gasteiger partial charge in [-0.3, -0.25) is 14.2 Å². The topological polar surface area (TPSA) is 64.0 Å². The summed E-state index contributed by atoms with van der Waals surface area (Å²) in [4.78, 5) is 31.6. The summed E-state index contributed by atoms with van der Waals surface area (Å²) in [6.45, 7) is 7.91. The van der Waals surface area contributed by atoms with Crippen LogP contribution in [-0.2, 0) is 11.8 Å². The first-order valence-corrected chi connectivity index (χ1v) is 11.1. The van der Waals surface area contributed by atoms with Crippen molar-refractivity contribution >= 4 is 39.2 Å². The van der Waals surface area contributed by atoms with E-state index in [-0.39, 0.29) is 35.0 Å². The number of aryl methyl sites for hydroxylation is 2. The van der Waals surface area contributed by atoms with E-state index in [2.05, 4.69) is 10.3 Å². The second kappa shape index (κ2) is 8.67. The van der Waals surface area contributed by atoms with Gasteiger partial charge in [0.2, 0.25) is 5.91 Å². The Morgan fingerprint density at radius 1 is 1.28 bits per heavy atom. The van der Waals surface area contributed by atoms with E-state index >= 15 is 0 Å². The Balaban J connectivity index is 1.75. The highest BCUT2D eigenvalue weighted by molar-refractivity contribution is 7.99. The van der Waals surface area contributed by atoms with E-state index in [1.54, 1.807) is 19.2 Å². The van der Waals surface area contributed by atoms with Crippen molar-refractivity contribution in [3.05, 3.63) is 56.4 Å². The van der Waals surface area contributed by atoms with Crippen LogP contribution in [0.15, 0.2) is 34.2 Å². The third kappa shape index (κ3) is 4.53. The summed E-state index contributed by atoms with van der Waals surface area (Å²) >= 11 is 2.73. The van der Waals surface area contributed by atoms with E-state index in [0.29, 0.717) is 15.4 Å². The minimum Gasteiger partial charge on any atom is -0.348 e. The molecule has 0 aliphatic rings. The minimum absolute atomic E-state index is 0.0915. The van der Waals surface area contributed by atoms with E-state index < -0.39 is 0 Å². The predicted octanol–water partition coefficient (Wildman–Crippen LogP) is 4.36. The number of nitrogens with one attached hydrogen (secondary N) is 1. The highest BCUT2D eigenvalue weighted by Crippen LogP contribution is 2.28. The molecule has 0 aliphatic heterocycles. The number of fused-ring (bicyclic) bond motifs is 1. The Labute approximate surface area is 177 Å². The van der Waals surface area contributed by atoms with Gasteiger partial charge < -0.3 is 5.32 Å². The Kier molecular flexibility index (Phi) is 6.43. The third-order valence-corrected chi connectivity index (χ3v) is 7.04. The molecular formula is C21H24FN3O2S2. The lowest BCUT2D eigenvalue weighted by Crippen LogP contribution is -2.33. The SMILES string of the molecule is Cc1sc2nc(SCC(=O)NC(c3ccc(F)cc3)C(C)C)n(C)c(=O)c2c1C. The second-order valence-corrected chi connectivity index (χ2v) is 9.50. The molecule has 154 valence electrons. The molecule has 0 saturated heterocycles. The molecule has 1 atom stereocenters. The lowest BCUT2D eigenvalue weighted by Gasteiger charge is -2.23. The van der Waals surface area contributed by atoms with Gasteiger partial charge in [-0.1, -0.05) is 37.7 Å². The number of thioether (sulfide) groups is 1. The molecule has 3 rings (SSSR count). The van der Waals surface area contributed by atoms with Crippen LogP contribution in [0, 0.1) is 25.6 Å². The fourth-order valence-corrected chi connectivity index (χ4v) is 4.99. The van der Waals surface area contributed by atoms with E-state index in [4.69, 9.17) is 0 Å². The summed E-state index contributed by atoms with van der Waals surface area (Å²) in [7, 11) is 1.68. The molecule has 0 spiro atoms. The second-order valence-electron chi connectivity index (χ2n) is 7.35. The number of hydrogen-bond donors (Lipinski definition) is 1. The highest BCUT2D eigenvalue weighted by atomic mass is 32.2. The van der Waals surface area contributed by atoms with Crippen molar-refractivity contribution in [2.75, 3.05) is 5.75 Å². The smallest absolute Gasteiger partial charge is 0.262 e. The van der Waals surface area contributed by atoms with Gasteiger partial charge in [0.1, 0.15) is 10.6 Å². The fourth-order valence-electron chi connectivity index (χ4n) is 3.14. The number of rotatable bonds is 6. The first kappa shape index (κ1) is 21.5. The van der Waals surface area contributed by atoms with Gasteiger partial charge in [-0.05, 0) is 43.0 Å². The molecule has 2 heterocycles. The maximum Gasteiger partial charge on any atom is 0.262 e. The molecule has 8 heteroatoms. The summed E-state index contributed by atoms with van der Waals surface area (Å²) in [5, 5.41) is 4.18. The van der Waals surface area contributed by atoms with Crippen LogP contribution in [-0.4, -0.2) is 21.2 Å². The van der Waals surface area contributed by atoms with Gasteiger partial charge in [0, 0.05) is 11.9 Å². The average molecular weight is 434 g/mol. The lowest BCUT2D eigenvalue weighted by atomic mass is 9.96. The molecular weight excluding hydrogens is 409 g/mol. The van der Waals surface area contributed by atoms with E-state index in [1.165, 1.54) is 39.8 Å². The van der Waals surface area contributed by atoms with Gasteiger partial charge in [0.15, 0.2) is 5.16 Å². The monoisotopic (exact) mass is 433 g/mol. The maximum atomic E-state index is 13.2. The number of halogens is 1. The van der Waals surface area contributed by atoms with Crippen LogP contribution in [0.1, 0.15) is 35.9 Å². The van der Waals surface area contributed by atoms with Crippen molar-refractivity contribution in [3.8, 4) is 0 Å². The quantitative estimate of drug-likeness (QED) is 0.464. The third-order valence-electron chi connectivity index (χ3n) is 4.91. The number of benzene rings is 1. The zero-order valence-corrected chi connectivity index (χ0v) is 18.7. The molecule has 5 nitrogen and oxygen atoms in total. The van der Waals surface area contributed by atoms with Crippen molar-refractivity contribution in [3.63, 3.8) is 0 Å². The van der Waals surface area contributed by atoms with Crippen molar-refractivity contribution in [1.29, 1.82) is 0 Å². The number of thiophene rings is 1. The largest absolute Gasteiger partial charge is 0.348 e. The molecule has 1 N–H and O–H groups in total. The summed E-state index contributed by atoms with van der Waals surface area (Å²) in [6.07, 6.45) is 0. The molecule has 0 aliphatic carbocycles. The Hall–Kier alpha value is -2.19. The van der Waals surface area contributed by atoms with Gasteiger partial charge in [-0.15, -0.1) is 11.3 Å². The van der Waals surface area contributed by atoms with E-state index in [0.717, 1.165) is 16.0 Å². The number of carbonyl (C=O) groups excluding carboxylic acids is 1. The van der Waals surface area contributed by atoms with Gasteiger partial charge in [-0.2, -0.15) is 0 Å². The molecule has 1 amide bonds. The summed E-state index contributed by atoms with van der Waals surface area (Å²) in [5.41, 5.74) is 1.73. The van der Waals surface area contributed by atoms with Crippen LogP contribution in [0.3, 0.4) is 0 Å². The normalized spacial score (nSPS) is 12.5. The first-order valence-electron chi connectivity index (χ1n) is 9.33. The molecule has 3 aromatic rings. The molecule has 0 fully saturated rings. The van der Waals surface area contributed by atoms with E-state index in [1.807, 2.05) is 27.7 Å². The van der Waals surface area contributed by atoms with Gasteiger partial charge >= 0.3 is 0 Å². The van der Waals surface area contributed by atoms with Crippen LogP contribution in [0.5, 0.6) is 0 Å². The zero-order chi connectivity index (χ0) is 21.3. The number of carbonyl (C=O) groups is 1. The van der Waals surface area contributed by atoms with Crippen molar-refractivity contribution in [2.45, 2.75) is 38.9 Å². The van der Waals surface area contributed by atoms with Crippen LogP contribution in [0.25, 0.3) is 10.2 Å². The first-order chi connectivity index (χ1) is 13.7. The minimum atomic E-state index is -0.306. The Morgan fingerprint density at radius 3 is 2.55 bits per heavy atom. The lowest BCUT2D eigenvalue weighted by molar-refractivity contribution is -0.119. The molecule has 2 aromatic heterocycles. The standard InChI is InChI=1S/C21H24FN3O2S2/c1-11(2)18(14-6-8-15(22)9-7-14)23-16(26)10-28-21-24-19-17(20(27)25(21)5)12(3)13(4)29-19/h6-9,11,18H,10H2,1-5H3,(H,23,26). The van der Waals surface area contributed by atoms with Crippen LogP contribution in [0.4, 0.5) is 4.39 Å². The number of nitrogens with zero attached hydrogens (tertiary/aromatic N) is 2. The van der Waals surface area contributed by atoms with E-state index in [9.17, 15) is 14.0 Å². The van der Waals surface area contributed by atoms with Crippen molar-refractivity contribution < 1.29 is 9.18 Å². The van der Waals surface area contributed by atoms with Gasteiger partial charge in [0.25, 0.3) is 5.56 Å². The highest BCUT2D eigenvalue weighted by Gasteiger charge is 2.20. The molecule has 0 radical (unpaired) electrons. The molecule has 0 bridgehead atoms.